The highest BCUT2D eigenvalue weighted by atomic mass is 31.0. The zero-order valence-corrected chi connectivity index (χ0v) is 9.45. The molecular formula is C9H18NO3P. The van der Waals surface area contributed by atoms with Crippen molar-refractivity contribution in [2.24, 2.45) is 5.92 Å². The maximum atomic E-state index is 9.61. The van der Waals surface area contributed by atoms with Gasteiger partial charge in [0.1, 0.15) is 0 Å². The Morgan fingerprint density at radius 3 is 2.71 bits per heavy atom. The number of aliphatic hydroxyl groups is 3. The number of hydrogen-bond donors (Lipinski definition) is 3. The predicted octanol–water partition coefficient (Wildman–Crippen LogP) is 0.280. The molecule has 1 rings (SSSR count). The minimum Gasteiger partial charge on any atom is -0.513 e. The van der Waals surface area contributed by atoms with E-state index in [1.54, 1.807) is 0 Å². The summed E-state index contributed by atoms with van der Waals surface area (Å²) < 4.78 is 1.90. The Morgan fingerprint density at radius 1 is 1.71 bits per heavy atom. The Bertz CT molecular complexity index is 224. The molecule has 0 bridgehead atoms. The molecule has 0 aromatic carbocycles. The molecule has 82 valence electrons. The summed E-state index contributed by atoms with van der Waals surface area (Å²) >= 11 is 0. The van der Waals surface area contributed by atoms with Crippen LogP contribution >= 0.6 is 9.39 Å². The molecule has 1 aliphatic rings. The molecule has 1 aliphatic heterocycles. The first kappa shape index (κ1) is 11.9. The van der Waals surface area contributed by atoms with E-state index in [1.807, 2.05) is 11.6 Å². The molecule has 0 amide bonds. The summed E-state index contributed by atoms with van der Waals surface area (Å²) in [6, 6.07) is -0.0161. The zero-order valence-electron chi connectivity index (χ0n) is 8.30. The fourth-order valence-electron chi connectivity index (χ4n) is 2.04. The first-order chi connectivity index (χ1) is 6.49. The van der Waals surface area contributed by atoms with Crippen LogP contribution in [0.5, 0.6) is 0 Å². The topological polar surface area (TPSA) is 63.9 Å². The highest BCUT2D eigenvalue weighted by Crippen LogP contribution is 2.37. The standard InChI is InChI=1S/C9H18NO3P/c1-5-3-7(6(2)12)9(10(5)14)8(13)4-11/h5,7-9,11-13H,2-4,14H2,1H3/t5-,7-,8?,9+/m0/s1. The summed E-state index contributed by atoms with van der Waals surface area (Å²) in [5.41, 5.74) is 0. The monoisotopic (exact) mass is 219 g/mol. The minimum atomic E-state index is -0.841. The Balaban J connectivity index is 2.81. The van der Waals surface area contributed by atoms with Crippen molar-refractivity contribution in [3.05, 3.63) is 12.3 Å². The second-order valence-electron chi connectivity index (χ2n) is 3.87. The van der Waals surface area contributed by atoms with Crippen LogP contribution in [0.4, 0.5) is 0 Å². The number of aliphatic hydroxyl groups excluding tert-OH is 3. The number of hydrogen-bond acceptors (Lipinski definition) is 4. The van der Waals surface area contributed by atoms with Crippen LogP contribution in [0.15, 0.2) is 12.3 Å². The Labute approximate surface area is 86.5 Å². The Kier molecular flexibility index (Phi) is 3.90. The molecule has 1 heterocycles. The lowest BCUT2D eigenvalue weighted by Gasteiger charge is -2.29. The number of nitrogens with zero attached hydrogens (tertiary/aromatic N) is 1. The van der Waals surface area contributed by atoms with E-state index in [1.165, 1.54) is 0 Å². The molecule has 3 N–H and O–H groups in total. The van der Waals surface area contributed by atoms with Crippen LogP contribution in [0.2, 0.25) is 0 Å². The van der Waals surface area contributed by atoms with E-state index >= 15 is 0 Å². The SMILES string of the molecule is C=C(O)[C@@H]1C[C@H](C)N(P)[C@H]1C(O)CO. The second kappa shape index (κ2) is 4.58. The van der Waals surface area contributed by atoms with E-state index in [9.17, 15) is 10.2 Å². The van der Waals surface area contributed by atoms with Gasteiger partial charge in [-0.25, -0.2) is 0 Å². The van der Waals surface area contributed by atoms with Gasteiger partial charge in [0.15, 0.2) is 0 Å². The molecule has 5 atom stereocenters. The molecule has 0 aromatic rings. The maximum absolute atomic E-state index is 9.61. The second-order valence-corrected chi connectivity index (χ2v) is 4.47. The van der Waals surface area contributed by atoms with E-state index in [2.05, 4.69) is 16.0 Å². The molecule has 5 heteroatoms. The van der Waals surface area contributed by atoms with Gasteiger partial charge in [0.05, 0.1) is 24.5 Å². The summed E-state index contributed by atoms with van der Waals surface area (Å²) in [7, 11) is 2.53. The fourth-order valence-corrected chi connectivity index (χ4v) is 2.57. The summed E-state index contributed by atoms with van der Waals surface area (Å²) in [5, 5.41) is 27.9. The summed E-state index contributed by atoms with van der Waals surface area (Å²) in [4.78, 5) is 0. The van der Waals surface area contributed by atoms with Gasteiger partial charge in [-0.3, -0.25) is 4.67 Å². The van der Waals surface area contributed by atoms with Crippen LogP contribution in [-0.2, 0) is 0 Å². The summed E-state index contributed by atoms with van der Waals surface area (Å²) in [6.07, 6.45) is -0.0908. The quantitative estimate of drug-likeness (QED) is 0.471. The van der Waals surface area contributed by atoms with Gasteiger partial charge >= 0.3 is 0 Å². The lowest BCUT2D eigenvalue weighted by molar-refractivity contribution is 0.0337. The first-order valence-electron chi connectivity index (χ1n) is 4.68. The number of rotatable bonds is 3. The molecule has 0 aromatic heterocycles. The fraction of sp³-hybridized carbons (Fsp3) is 0.778. The van der Waals surface area contributed by atoms with Crippen molar-refractivity contribution in [2.75, 3.05) is 6.61 Å². The van der Waals surface area contributed by atoms with Gasteiger partial charge in [0, 0.05) is 12.0 Å². The largest absolute Gasteiger partial charge is 0.513 e. The summed E-state index contributed by atoms with van der Waals surface area (Å²) in [5.74, 6) is -0.0797. The van der Waals surface area contributed by atoms with Crippen molar-refractivity contribution in [2.45, 2.75) is 31.5 Å². The van der Waals surface area contributed by atoms with Crippen LogP contribution in [0.3, 0.4) is 0 Å². The van der Waals surface area contributed by atoms with Crippen LogP contribution in [-0.4, -0.2) is 44.8 Å². The first-order valence-corrected chi connectivity index (χ1v) is 5.20. The van der Waals surface area contributed by atoms with Crippen molar-refractivity contribution in [1.82, 2.24) is 4.67 Å². The van der Waals surface area contributed by atoms with Gasteiger partial charge in [-0.2, -0.15) is 0 Å². The molecule has 4 nitrogen and oxygen atoms in total. The van der Waals surface area contributed by atoms with Gasteiger partial charge in [0.2, 0.25) is 0 Å². The highest BCUT2D eigenvalue weighted by molar-refractivity contribution is 7.13. The average molecular weight is 219 g/mol. The van der Waals surface area contributed by atoms with E-state index in [-0.39, 0.29) is 30.4 Å². The lowest BCUT2D eigenvalue weighted by Crippen LogP contribution is -2.41. The zero-order chi connectivity index (χ0) is 10.9. The van der Waals surface area contributed by atoms with Gasteiger partial charge < -0.3 is 15.3 Å². The molecule has 14 heavy (non-hydrogen) atoms. The van der Waals surface area contributed by atoms with Gasteiger partial charge in [-0.1, -0.05) is 16.0 Å². The van der Waals surface area contributed by atoms with Crippen molar-refractivity contribution in [1.29, 1.82) is 0 Å². The van der Waals surface area contributed by atoms with E-state index in [4.69, 9.17) is 5.11 Å². The predicted molar refractivity (Wildman–Crippen MR) is 57.8 cm³/mol. The molecule has 0 aliphatic carbocycles. The van der Waals surface area contributed by atoms with Crippen LogP contribution in [0.25, 0.3) is 0 Å². The normalized spacial score (nSPS) is 35.9. The average Bonchev–Trinajstić information content (AvgIpc) is 2.43. The van der Waals surface area contributed by atoms with Crippen LogP contribution < -0.4 is 0 Å². The molecule has 1 fully saturated rings. The highest BCUT2D eigenvalue weighted by Gasteiger charge is 2.42. The third kappa shape index (κ3) is 2.09. The molecular weight excluding hydrogens is 201 g/mol. The molecule has 0 saturated carbocycles. The van der Waals surface area contributed by atoms with Crippen molar-refractivity contribution in [3.8, 4) is 0 Å². The molecule has 0 spiro atoms. The maximum Gasteiger partial charge on any atom is 0.0935 e. The van der Waals surface area contributed by atoms with Gasteiger partial charge in [-0.15, -0.1) is 0 Å². The Morgan fingerprint density at radius 2 is 2.29 bits per heavy atom. The summed E-state index contributed by atoms with van der Waals surface area (Å²) in [6.45, 7) is 5.21. The third-order valence-corrected chi connectivity index (χ3v) is 3.72. The van der Waals surface area contributed by atoms with E-state index < -0.39 is 6.10 Å². The van der Waals surface area contributed by atoms with Crippen molar-refractivity contribution < 1.29 is 15.3 Å². The smallest absolute Gasteiger partial charge is 0.0935 e. The van der Waals surface area contributed by atoms with Gasteiger partial charge in [-0.05, 0) is 13.3 Å². The minimum absolute atomic E-state index is 0.0827. The molecule has 1 saturated heterocycles. The lowest BCUT2D eigenvalue weighted by atomic mass is 9.94. The third-order valence-electron chi connectivity index (χ3n) is 2.87. The van der Waals surface area contributed by atoms with Crippen LogP contribution in [0.1, 0.15) is 13.3 Å². The van der Waals surface area contributed by atoms with Crippen molar-refractivity contribution >= 4 is 9.39 Å². The van der Waals surface area contributed by atoms with Crippen LogP contribution in [0, 0.1) is 5.92 Å². The van der Waals surface area contributed by atoms with E-state index in [0.717, 1.165) is 6.42 Å². The Hall–Kier alpha value is -0.150. The molecule has 2 unspecified atom stereocenters. The molecule has 0 radical (unpaired) electrons. The van der Waals surface area contributed by atoms with Crippen molar-refractivity contribution in [3.63, 3.8) is 0 Å². The van der Waals surface area contributed by atoms with Gasteiger partial charge in [0.25, 0.3) is 0 Å². The van der Waals surface area contributed by atoms with E-state index in [0.29, 0.717) is 0 Å².